The average molecular weight is 643 g/mol. The lowest BCUT2D eigenvalue weighted by molar-refractivity contribution is -0.232. The maximum atomic E-state index is 14.2. The Kier molecular flexibility index (Phi) is 7.12. The first-order chi connectivity index (χ1) is 20.2. The molecule has 43 heavy (non-hydrogen) atoms. The number of halogens is 1. The number of benzene rings is 1. The summed E-state index contributed by atoms with van der Waals surface area (Å²) in [6, 6.07) is 6.87. The number of rotatable bonds is 5. The Labute approximate surface area is 251 Å². The normalized spacial score (nSPS) is 40.7. The monoisotopic (exact) mass is 642 g/mol. The van der Waals surface area contributed by atoms with E-state index in [1.165, 1.54) is 10.8 Å². The summed E-state index contributed by atoms with van der Waals surface area (Å²) in [6.45, 7) is 8.24. The highest BCUT2D eigenvalue weighted by Gasteiger charge is 2.63. The van der Waals surface area contributed by atoms with Gasteiger partial charge in [-0.05, 0) is 52.3 Å². The minimum atomic E-state index is -4.29. The molecule has 2 aromatic rings. The largest absolute Gasteiger partial charge is 0.476 e. The van der Waals surface area contributed by atoms with Crippen molar-refractivity contribution < 1.29 is 46.6 Å². The molecule has 7 rings (SSSR count). The van der Waals surface area contributed by atoms with Crippen LogP contribution in [0.3, 0.4) is 0 Å². The van der Waals surface area contributed by atoms with Crippen LogP contribution in [0.2, 0.25) is 5.02 Å². The van der Waals surface area contributed by atoms with Crippen LogP contribution in [0, 0.1) is 6.92 Å². The highest BCUT2D eigenvalue weighted by Crippen LogP contribution is 2.63. The second kappa shape index (κ2) is 10.3. The molecule has 5 aliphatic rings. The van der Waals surface area contributed by atoms with E-state index in [4.69, 9.17) is 53.6 Å². The number of phosphoric ester groups is 1. The molecule has 1 N–H and O–H groups in total. The zero-order valence-electron chi connectivity index (χ0n) is 24.0. The molecule has 5 saturated heterocycles. The first-order valence-corrected chi connectivity index (χ1v) is 15.8. The van der Waals surface area contributed by atoms with Gasteiger partial charge in [0, 0.05) is 16.8 Å². The van der Waals surface area contributed by atoms with E-state index in [2.05, 4.69) is 4.98 Å². The van der Waals surface area contributed by atoms with Crippen LogP contribution in [0.15, 0.2) is 40.1 Å². The SMILES string of the molecule is Cc1cn([C@@H]2O[C@H](CO[P@@]3(=O)O[C@@H]4[C@H]5OC(C)(C)O[C@H]5O[C@@H]4[C@H](c4ccc(Cl)cc4)O3)[C@H]3OC(C)(C)O[C@H]32)c(=O)[nH]c1=O. The third-order valence-electron chi connectivity index (χ3n) is 7.96. The molecule has 10 atom stereocenters. The van der Waals surface area contributed by atoms with Crippen molar-refractivity contribution in [3.05, 3.63) is 67.4 Å². The number of aromatic amines is 1. The van der Waals surface area contributed by atoms with Gasteiger partial charge in [0.1, 0.15) is 42.7 Å². The van der Waals surface area contributed by atoms with Crippen LogP contribution < -0.4 is 11.2 Å². The molecule has 0 spiro atoms. The highest BCUT2D eigenvalue weighted by molar-refractivity contribution is 7.48. The van der Waals surface area contributed by atoms with E-state index in [0.29, 0.717) is 16.1 Å². The fraction of sp³-hybridized carbons (Fsp3) is 0.630. The van der Waals surface area contributed by atoms with Gasteiger partial charge in [0.05, 0.1) is 6.61 Å². The van der Waals surface area contributed by atoms with Gasteiger partial charge in [0.15, 0.2) is 24.1 Å². The molecule has 5 aliphatic heterocycles. The second-order valence-electron chi connectivity index (χ2n) is 12.1. The molecule has 0 bridgehead atoms. The van der Waals surface area contributed by atoms with Crippen LogP contribution in [0.5, 0.6) is 0 Å². The van der Waals surface area contributed by atoms with E-state index in [1.54, 1.807) is 58.9 Å². The fourth-order valence-electron chi connectivity index (χ4n) is 6.16. The first kappa shape index (κ1) is 29.8. The second-order valence-corrected chi connectivity index (χ2v) is 14.1. The van der Waals surface area contributed by atoms with Crippen molar-refractivity contribution in [2.75, 3.05) is 6.61 Å². The van der Waals surface area contributed by atoms with E-state index in [-0.39, 0.29) is 6.61 Å². The summed E-state index contributed by atoms with van der Waals surface area (Å²) in [5.41, 5.74) is -0.219. The first-order valence-electron chi connectivity index (χ1n) is 13.9. The molecule has 0 radical (unpaired) electrons. The molecular formula is C27H32ClN2O12P. The molecule has 1 aromatic carbocycles. The van der Waals surface area contributed by atoms with Crippen LogP contribution in [0.25, 0.3) is 0 Å². The van der Waals surface area contributed by atoms with Gasteiger partial charge >= 0.3 is 13.5 Å². The Morgan fingerprint density at radius 2 is 1.58 bits per heavy atom. The molecule has 16 heteroatoms. The van der Waals surface area contributed by atoms with E-state index < -0.39 is 85.9 Å². The summed E-state index contributed by atoms with van der Waals surface area (Å²) in [5.74, 6) is -1.94. The number of phosphoric acid groups is 1. The number of H-pyrrole nitrogens is 1. The third-order valence-corrected chi connectivity index (χ3v) is 9.66. The van der Waals surface area contributed by atoms with Gasteiger partial charge in [0.25, 0.3) is 5.56 Å². The van der Waals surface area contributed by atoms with Crippen molar-refractivity contribution in [3.8, 4) is 0 Å². The van der Waals surface area contributed by atoms with Crippen LogP contribution in [-0.2, 0) is 46.6 Å². The Balaban J connectivity index is 1.15. The van der Waals surface area contributed by atoms with Crippen molar-refractivity contribution in [1.82, 2.24) is 9.55 Å². The lowest BCUT2D eigenvalue weighted by Gasteiger charge is -2.38. The van der Waals surface area contributed by atoms with Gasteiger partial charge in [-0.2, -0.15) is 0 Å². The fourth-order valence-corrected chi connectivity index (χ4v) is 7.85. The Morgan fingerprint density at radius 3 is 2.33 bits per heavy atom. The zero-order valence-corrected chi connectivity index (χ0v) is 25.6. The predicted octanol–water partition coefficient (Wildman–Crippen LogP) is 3.07. The quantitative estimate of drug-likeness (QED) is 0.477. The van der Waals surface area contributed by atoms with Crippen LogP contribution in [0.1, 0.15) is 51.2 Å². The predicted molar refractivity (Wildman–Crippen MR) is 146 cm³/mol. The zero-order chi connectivity index (χ0) is 30.5. The van der Waals surface area contributed by atoms with Gasteiger partial charge in [-0.1, -0.05) is 23.7 Å². The van der Waals surface area contributed by atoms with E-state index >= 15 is 0 Å². The maximum Gasteiger partial charge on any atom is 0.476 e. The summed E-state index contributed by atoms with van der Waals surface area (Å²) < 4.78 is 69.7. The van der Waals surface area contributed by atoms with Crippen LogP contribution in [0.4, 0.5) is 0 Å². The van der Waals surface area contributed by atoms with Gasteiger partial charge in [-0.3, -0.25) is 27.9 Å². The Bertz CT molecular complexity index is 1580. The van der Waals surface area contributed by atoms with E-state index in [1.807, 2.05) is 0 Å². The number of hydrogen-bond donors (Lipinski definition) is 1. The molecule has 5 fully saturated rings. The molecule has 6 heterocycles. The van der Waals surface area contributed by atoms with Crippen molar-refractivity contribution in [2.45, 2.75) is 101 Å². The minimum Gasteiger partial charge on any atom is -0.346 e. The summed E-state index contributed by atoms with van der Waals surface area (Å²) in [6.07, 6.45) is -5.71. The van der Waals surface area contributed by atoms with Crippen molar-refractivity contribution in [1.29, 1.82) is 0 Å². The summed E-state index contributed by atoms with van der Waals surface area (Å²) in [4.78, 5) is 26.9. The number of ether oxygens (including phenoxy) is 6. The summed E-state index contributed by atoms with van der Waals surface area (Å²) >= 11 is 6.11. The van der Waals surface area contributed by atoms with Crippen LogP contribution >= 0.6 is 19.4 Å². The molecule has 14 nitrogen and oxygen atoms in total. The van der Waals surface area contributed by atoms with Crippen LogP contribution in [-0.4, -0.2) is 70.6 Å². The lowest BCUT2D eigenvalue weighted by atomic mass is 9.99. The number of nitrogens with zero attached hydrogens (tertiary/aromatic N) is 1. The number of fused-ring (bicyclic) bond motifs is 4. The average Bonchev–Trinajstić information content (AvgIpc) is 3.61. The van der Waals surface area contributed by atoms with Crippen molar-refractivity contribution in [2.24, 2.45) is 0 Å². The number of aromatic nitrogens is 2. The number of aryl methyl sites for hydroxylation is 1. The number of hydrogen-bond acceptors (Lipinski definition) is 12. The highest BCUT2D eigenvalue weighted by atomic mass is 35.5. The van der Waals surface area contributed by atoms with Crippen molar-refractivity contribution in [3.63, 3.8) is 0 Å². The minimum absolute atomic E-state index is 0.298. The van der Waals surface area contributed by atoms with Crippen molar-refractivity contribution >= 4 is 19.4 Å². The summed E-state index contributed by atoms with van der Waals surface area (Å²) in [7, 11) is -4.29. The topological polar surface area (TPSA) is 155 Å². The van der Waals surface area contributed by atoms with Gasteiger partial charge in [-0.15, -0.1) is 0 Å². The smallest absolute Gasteiger partial charge is 0.346 e. The van der Waals surface area contributed by atoms with E-state index in [0.717, 1.165) is 0 Å². The number of nitrogens with one attached hydrogen (secondary N) is 1. The Hall–Kier alpha value is -1.94. The molecule has 0 saturated carbocycles. The molecule has 0 aliphatic carbocycles. The third kappa shape index (κ3) is 5.36. The molecule has 1 aromatic heterocycles. The molecule has 0 amide bonds. The molecular weight excluding hydrogens is 611 g/mol. The van der Waals surface area contributed by atoms with E-state index in [9.17, 15) is 14.2 Å². The standard InChI is InChI=1S/C27H32ClN2O12P/c1-12-10-30(25(32)29-22(12)31)23-20-17(37-26(2,3)38-20)15(35-23)11-34-43(33)41-16(13-6-8-14(28)9-7-13)18-19(42-43)21-24(36-18)40-27(4,5)39-21/h6-10,15-21,23-24H,11H2,1-5H3,(H,29,31,32)/t15-,16+,17-,18-,19+,20-,21-,23-,24-,43-/m1/s1. The Morgan fingerprint density at radius 1 is 0.907 bits per heavy atom. The maximum absolute atomic E-state index is 14.2. The molecule has 234 valence electrons. The van der Waals surface area contributed by atoms with Gasteiger partial charge < -0.3 is 28.4 Å². The lowest BCUT2D eigenvalue weighted by Crippen LogP contribution is -2.43. The summed E-state index contributed by atoms with van der Waals surface area (Å²) in [5, 5.41) is 0.519. The molecule has 0 unspecified atom stereocenters. The van der Waals surface area contributed by atoms with Gasteiger partial charge in [-0.25, -0.2) is 9.36 Å². The van der Waals surface area contributed by atoms with Gasteiger partial charge in [0.2, 0.25) is 0 Å².